The smallest absolute Gasteiger partial charge is 0.306 e. The van der Waals surface area contributed by atoms with Crippen LogP contribution >= 0.6 is 0 Å². The Balaban J connectivity index is 4.24. The quantitative estimate of drug-likeness (QED) is 0.0348. The minimum atomic E-state index is -0.759. The van der Waals surface area contributed by atoms with Crippen LogP contribution in [0.5, 0.6) is 0 Å². The Labute approximate surface area is 342 Å². The molecule has 0 heterocycles. The van der Waals surface area contributed by atoms with E-state index in [1.165, 1.54) is 167 Å². The zero-order valence-electron chi connectivity index (χ0n) is 37.4. The van der Waals surface area contributed by atoms with Gasteiger partial charge in [0.1, 0.15) is 13.2 Å². The van der Waals surface area contributed by atoms with Crippen molar-refractivity contribution in [3.8, 4) is 0 Å². The van der Waals surface area contributed by atoms with Gasteiger partial charge in [0.15, 0.2) is 6.10 Å². The highest BCUT2D eigenvalue weighted by Gasteiger charge is 2.19. The molecule has 0 saturated carbocycles. The predicted molar refractivity (Wildman–Crippen MR) is 233 cm³/mol. The fraction of sp³-hybridized carbons (Fsp3) is 0.939. The summed E-state index contributed by atoms with van der Waals surface area (Å²) in [5.41, 5.74) is 0. The van der Waals surface area contributed by atoms with E-state index in [2.05, 4.69) is 27.7 Å². The molecule has 0 fully saturated rings. The van der Waals surface area contributed by atoms with Crippen molar-refractivity contribution in [1.82, 2.24) is 0 Å². The molecule has 0 bridgehead atoms. The van der Waals surface area contributed by atoms with Crippen LogP contribution in [0.25, 0.3) is 0 Å². The third-order valence-electron chi connectivity index (χ3n) is 11.0. The van der Waals surface area contributed by atoms with Crippen LogP contribution in [0, 0.1) is 5.92 Å². The van der Waals surface area contributed by atoms with Gasteiger partial charge >= 0.3 is 17.9 Å². The van der Waals surface area contributed by atoms with Crippen molar-refractivity contribution in [2.45, 2.75) is 278 Å². The van der Waals surface area contributed by atoms with Crippen molar-refractivity contribution in [2.75, 3.05) is 13.2 Å². The van der Waals surface area contributed by atoms with Gasteiger partial charge in [0.25, 0.3) is 0 Å². The summed E-state index contributed by atoms with van der Waals surface area (Å²) in [5, 5.41) is 0. The van der Waals surface area contributed by atoms with Crippen LogP contribution in [-0.4, -0.2) is 37.2 Å². The van der Waals surface area contributed by atoms with Gasteiger partial charge in [-0.15, -0.1) is 0 Å². The minimum Gasteiger partial charge on any atom is -0.462 e. The summed E-state index contributed by atoms with van der Waals surface area (Å²) >= 11 is 0. The molecule has 0 aliphatic carbocycles. The fourth-order valence-electron chi connectivity index (χ4n) is 7.33. The summed E-state index contributed by atoms with van der Waals surface area (Å²) < 4.78 is 16.7. The topological polar surface area (TPSA) is 78.9 Å². The third kappa shape index (κ3) is 43.4. The van der Waals surface area contributed by atoms with Gasteiger partial charge in [0, 0.05) is 19.3 Å². The highest BCUT2D eigenvalue weighted by Crippen LogP contribution is 2.17. The number of carbonyl (C=O) groups is 3. The standard InChI is InChI=1S/C49H94O6/c1-5-7-9-11-13-15-16-17-18-19-20-21-22-23-25-29-34-38-42-49(52)55-46(43-53-47(50)40-36-32-28-24-14-12-10-8-6-2)44-54-48(51)41-37-33-30-26-27-31-35-39-45(3)4/h45-46H,5-44H2,1-4H3/t46-/m1/s1. The van der Waals surface area contributed by atoms with Crippen LogP contribution in [0.1, 0.15) is 272 Å². The second-order valence-corrected chi connectivity index (χ2v) is 17.2. The summed E-state index contributed by atoms with van der Waals surface area (Å²) in [6, 6.07) is 0. The van der Waals surface area contributed by atoms with Crippen molar-refractivity contribution < 1.29 is 28.6 Å². The number of carbonyl (C=O) groups excluding carboxylic acids is 3. The first-order valence-corrected chi connectivity index (χ1v) is 24.4. The van der Waals surface area contributed by atoms with Gasteiger partial charge in [-0.2, -0.15) is 0 Å². The second-order valence-electron chi connectivity index (χ2n) is 17.2. The van der Waals surface area contributed by atoms with Crippen LogP contribution in [0.2, 0.25) is 0 Å². The average Bonchev–Trinajstić information content (AvgIpc) is 3.17. The Bertz CT molecular complexity index is 826. The van der Waals surface area contributed by atoms with E-state index in [4.69, 9.17) is 14.2 Å². The Morgan fingerprint density at radius 2 is 0.600 bits per heavy atom. The molecule has 1 atom stereocenters. The summed E-state index contributed by atoms with van der Waals surface area (Å²) in [6.07, 6.45) is 43.9. The molecule has 0 saturated heterocycles. The molecule has 0 aromatic rings. The molecule has 0 unspecified atom stereocenters. The maximum absolute atomic E-state index is 12.7. The zero-order valence-corrected chi connectivity index (χ0v) is 37.4. The lowest BCUT2D eigenvalue weighted by Crippen LogP contribution is -2.30. The van der Waals surface area contributed by atoms with Crippen molar-refractivity contribution >= 4 is 17.9 Å². The van der Waals surface area contributed by atoms with Gasteiger partial charge in [-0.25, -0.2) is 0 Å². The number of hydrogen-bond donors (Lipinski definition) is 0. The van der Waals surface area contributed by atoms with Gasteiger partial charge in [0.2, 0.25) is 0 Å². The molecule has 0 spiro atoms. The van der Waals surface area contributed by atoms with Crippen molar-refractivity contribution in [3.05, 3.63) is 0 Å². The number of esters is 3. The Morgan fingerprint density at radius 3 is 0.891 bits per heavy atom. The summed E-state index contributed by atoms with van der Waals surface area (Å²) in [5.74, 6) is -0.0735. The lowest BCUT2D eigenvalue weighted by atomic mass is 10.0. The number of ether oxygens (including phenoxy) is 3. The average molecular weight is 779 g/mol. The second kappa shape index (κ2) is 43.5. The Kier molecular flexibility index (Phi) is 42.3. The molecule has 55 heavy (non-hydrogen) atoms. The van der Waals surface area contributed by atoms with Crippen molar-refractivity contribution in [2.24, 2.45) is 5.92 Å². The SMILES string of the molecule is CCCCCCCCCCCCCCCCCCCCC(=O)O[C@H](COC(=O)CCCCCCCCCCC)COC(=O)CCCCCCCCCC(C)C. The van der Waals surface area contributed by atoms with Gasteiger partial charge in [0.05, 0.1) is 0 Å². The summed E-state index contributed by atoms with van der Waals surface area (Å²) in [4.78, 5) is 37.7. The number of hydrogen-bond acceptors (Lipinski definition) is 6. The molecule has 0 radical (unpaired) electrons. The molecular weight excluding hydrogens is 685 g/mol. The highest BCUT2D eigenvalue weighted by molar-refractivity contribution is 5.71. The van der Waals surface area contributed by atoms with E-state index in [9.17, 15) is 14.4 Å². The largest absolute Gasteiger partial charge is 0.462 e. The van der Waals surface area contributed by atoms with Gasteiger partial charge in [-0.05, 0) is 25.2 Å². The van der Waals surface area contributed by atoms with Crippen LogP contribution in [0.4, 0.5) is 0 Å². The molecule has 0 amide bonds. The van der Waals surface area contributed by atoms with E-state index in [0.717, 1.165) is 63.7 Å². The summed E-state index contributed by atoms with van der Waals surface area (Å²) in [6.45, 7) is 8.95. The van der Waals surface area contributed by atoms with Crippen LogP contribution in [-0.2, 0) is 28.6 Å². The molecule has 0 aromatic carbocycles. The minimum absolute atomic E-state index is 0.0643. The molecule has 6 nitrogen and oxygen atoms in total. The maximum Gasteiger partial charge on any atom is 0.306 e. The highest BCUT2D eigenvalue weighted by atomic mass is 16.6. The lowest BCUT2D eigenvalue weighted by Gasteiger charge is -2.18. The molecule has 0 aliphatic rings. The van der Waals surface area contributed by atoms with Crippen LogP contribution in [0.15, 0.2) is 0 Å². The molecule has 0 aromatic heterocycles. The Hall–Kier alpha value is -1.59. The monoisotopic (exact) mass is 779 g/mol. The van der Waals surface area contributed by atoms with Crippen LogP contribution in [0.3, 0.4) is 0 Å². The first kappa shape index (κ1) is 53.4. The van der Waals surface area contributed by atoms with Crippen LogP contribution < -0.4 is 0 Å². The van der Waals surface area contributed by atoms with Crippen molar-refractivity contribution in [1.29, 1.82) is 0 Å². The molecule has 0 N–H and O–H groups in total. The Morgan fingerprint density at radius 1 is 0.345 bits per heavy atom. The molecule has 0 aliphatic heterocycles. The molecule has 6 heteroatoms. The van der Waals surface area contributed by atoms with Gasteiger partial charge < -0.3 is 14.2 Å². The van der Waals surface area contributed by atoms with E-state index in [1.54, 1.807) is 0 Å². The van der Waals surface area contributed by atoms with E-state index < -0.39 is 6.10 Å². The van der Waals surface area contributed by atoms with E-state index in [0.29, 0.717) is 19.3 Å². The molecule has 326 valence electrons. The first-order valence-electron chi connectivity index (χ1n) is 24.4. The number of unbranched alkanes of at least 4 members (excludes halogenated alkanes) is 31. The lowest BCUT2D eigenvalue weighted by molar-refractivity contribution is -0.167. The first-order chi connectivity index (χ1) is 26.9. The summed E-state index contributed by atoms with van der Waals surface area (Å²) in [7, 11) is 0. The van der Waals surface area contributed by atoms with E-state index in [1.807, 2.05) is 0 Å². The molecule has 0 rings (SSSR count). The number of rotatable bonds is 44. The van der Waals surface area contributed by atoms with Gasteiger partial charge in [-0.3, -0.25) is 14.4 Å². The predicted octanol–water partition coefficient (Wildman–Crippen LogP) is 15.5. The fourth-order valence-corrected chi connectivity index (χ4v) is 7.33. The maximum atomic E-state index is 12.7. The normalized spacial score (nSPS) is 11.9. The van der Waals surface area contributed by atoms with Gasteiger partial charge in [-0.1, -0.05) is 233 Å². The third-order valence-corrected chi connectivity index (χ3v) is 11.0. The van der Waals surface area contributed by atoms with Crippen molar-refractivity contribution in [3.63, 3.8) is 0 Å². The van der Waals surface area contributed by atoms with E-state index in [-0.39, 0.29) is 31.1 Å². The van der Waals surface area contributed by atoms with E-state index >= 15 is 0 Å². The molecular formula is C49H94O6. The zero-order chi connectivity index (χ0) is 40.3.